The van der Waals surface area contributed by atoms with E-state index in [2.05, 4.69) is 15.6 Å². The van der Waals surface area contributed by atoms with E-state index in [9.17, 15) is 26.3 Å². The third-order valence-corrected chi connectivity index (χ3v) is 3.40. The molecule has 2 unspecified atom stereocenters. The molecule has 2 atom stereocenters. The second-order valence-corrected chi connectivity index (χ2v) is 5.11. The minimum Gasteiger partial charge on any atom is -0.356 e. The zero-order valence-corrected chi connectivity index (χ0v) is 11.6. The monoisotopic (exact) mass is 319 g/mol. The number of aliphatic imine (C=N–C) groups is 1. The Labute approximate surface area is 119 Å². The lowest BCUT2D eigenvalue weighted by atomic mass is 9.85. The van der Waals surface area contributed by atoms with Gasteiger partial charge < -0.3 is 10.6 Å². The van der Waals surface area contributed by atoms with Crippen LogP contribution in [0.2, 0.25) is 0 Å². The number of hydrogen-bond donors (Lipinski definition) is 2. The summed E-state index contributed by atoms with van der Waals surface area (Å²) in [7, 11) is 1.37. The van der Waals surface area contributed by atoms with Gasteiger partial charge in [0, 0.05) is 19.6 Å². The molecule has 124 valence electrons. The first-order valence-electron chi connectivity index (χ1n) is 6.72. The zero-order valence-electron chi connectivity index (χ0n) is 11.6. The summed E-state index contributed by atoms with van der Waals surface area (Å²) < 4.78 is 74.1. The molecule has 2 N–H and O–H groups in total. The van der Waals surface area contributed by atoms with Gasteiger partial charge in [-0.2, -0.15) is 26.3 Å². The van der Waals surface area contributed by atoms with Crippen molar-refractivity contribution >= 4 is 5.96 Å². The van der Waals surface area contributed by atoms with E-state index in [0.29, 0.717) is 12.8 Å². The molecule has 1 fully saturated rings. The van der Waals surface area contributed by atoms with Gasteiger partial charge in [0.1, 0.15) is 0 Å². The van der Waals surface area contributed by atoms with Gasteiger partial charge in [0.25, 0.3) is 0 Å². The molecular weight excluding hydrogens is 300 g/mol. The van der Waals surface area contributed by atoms with E-state index in [1.807, 2.05) is 0 Å². The lowest BCUT2D eigenvalue weighted by molar-refractivity contribution is -0.183. The maximum atomic E-state index is 12.7. The minimum absolute atomic E-state index is 0.0799. The summed E-state index contributed by atoms with van der Waals surface area (Å²) in [5, 5.41) is 5.23. The van der Waals surface area contributed by atoms with Crippen molar-refractivity contribution in [3.63, 3.8) is 0 Å². The fourth-order valence-electron chi connectivity index (χ4n) is 2.33. The molecule has 0 heterocycles. The molecule has 0 saturated heterocycles. The topological polar surface area (TPSA) is 36.4 Å². The van der Waals surface area contributed by atoms with Crippen LogP contribution in [0.25, 0.3) is 0 Å². The predicted molar refractivity (Wildman–Crippen MR) is 67.0 cm³/mol. The number of rotatable bonds is 3. The van der Waals surface area contributed by atoms with Crippen LogP contribution in [0.4, 0.5) is 26.3 Å². The van der Waals surface area contributed by atoms with Gasteiger partial charge in [-0.05, 0) is 19.3 Å². The van der Waals surface area contributed by atoms with E-state index < -0.39 is 30.7 Å². The summed E-state index contributed by atoms with van der Waals surface area (Å²) in [5.74, 6) is -1.26. The normalized spacial score (nSPS) is 24.8. The van der Waals surface area contributed by atoms with Gasteiger partial charge in [-0.1, -0.05) is 6.42 Å². The second-order valence-electron chi connectivity index (χ2n) is 5.11. The van der Waals surface area contributed by atoms with Crippen LogP contribution in [0.15, 0.2) is 4.99 Å². The van der Waals surface area contributed by atoms with Crippen LogP contribution in [0.5, 0.6) is 0 Å². The van der Waals surface area contributed by atoms with E-state index in [4.69, 9.17) is 0 Å². The highest BCUT2D eigenvalue weighted by Crippen LogP contribution is 2.37. The van der Waals surface area contributed by atoms with Crippen molar-refractivity contribution < 1.29 is 26.3 Å². The Bertz CT molecular complexity index is 350. The van der Waals surface area contributed by atoms with Crippen molar-refractivity contribution in [2.45, 2.75) is 50.5 Å². The summed E-state index contributed by atoms with van der Waals surface area (Å²) in [6, 6.07) is -0.428. The number of halogens is 6. The van der Waals surface area contributed by atoms with Crippen molar-refractivity contribution in [1.29, 1.82) is 0 Å². The van der Waals surface area contributed by atoms with E-state index in [-0.39, 0.29) is 25.3 Å². The van der Waals surface area contributed by atoms with Crippen molar-refractivity contribution in [1.82, 2.24) is 10.6 Å². The van der Waals surface area contributed by atoms with E-state index in [1.54, 1.807) is 0 Å². The Morgan fingerprint density at radius 1 is 1.14 bits per heavy atom. The number of hydrogen-bond acceptors (Lipinski definition) is 1. The standard InChI is InChI=1S/C12H19F6N3/c1-19-10(20-6-5-11(13,14)15)21-9-4-2-3-8(7-9)12(16,17)18/h8-9H,2-7H2,1H3,(H2,19,20,21). The Hall–Kier alpha value is -1.15. The van der Waals surface area contributed by atoms with Crippen molar-refractivity contribution in [3.8, 4) is 0 Å². The van der Waals surface area contributed by atoms with Crippen LogP contribution >= 0.6 is 0 Å². The molecule has 0 spiro atoms. The first-order chi connectivity index (χ1) is 9.62. The highest BCUT2D eigenvalue weighted by Gasteiger charge is 2.42. The smallest absolute Gasteiger partial charge is 0.356 e. The van der Waals surface area contributed by atoms with Crippen molar-refractivity contribution in [2.24, 2.45) is 10.9 Å². The molecule has 1 aliphatic carbocycles. The van der Waals surface area contributed by atoms with Crippen LogP contribution in [0, 0.1) is 5.92 Å². The largest absolute Gasteiger partial charge is 0.391 e. The Morgan fingerprint density at radius 2 is 1.81 bits per heavy atom. The molecular formula is C12H19F6N3. The van der Waals surface area contributed by atoms with Crippen LogP contribution in [-0.2, 0) is 0 Å². The molecule has 0 aromatic rings. The number of nitrogens with one attached hydrogen (secondary N) is 2. The first-order valence-corrected chi connectivity index (χ1v) is 6.72. The molecule has 21 heavy (non-hydrogen) atoms. The molecule has 0 bridgehead atoms. The summed E-state index contributed by atoms with van der Waals surface area (Å²) in [5.41, 5.74) is 0. The number of alkyl halides is 6. The third-order valence-electron chi connectivity index (χ3n) is 3.40. The second kappa shape index (κ2) is 7.22. The van der Waals surface area contributed by atoms with Crippen molar-refractivity contribution in [2.75, 3.05) is 13.6 Å². The average molecular weight is 319 g/mol. The fraction of sp³-hybridized carbons (Fsp3) is 0.917. The molecule has 0 aromatic heterocycles. The molecule has 0 aliphatic heterocycles. The lowest BCUT2D eigenvalue weighted by Gasteiger charge is -2.31. The summed E-state index contributed by atoms with van der Waals surface area (Å²) in [6.07, 6.45) is -8.53. The van der Waals surface area contributed by atoms with E-state index in [0.717, 1.165) is 0 Å². The lowest BCUT2D eigenvalue weighted by Crippen LogP contribution is -2.47. The van der Waals surface area contributed by atoms with Gasteiger partial charge in [-0.3, -0.25) is 4.99 Å². The average Bonchev–Trinajstić information content (AvgIpc) is 2.35. The Morgan fingerprint density at radius 3 is 2.33 bits per heavy atom. The van der Waals surface area contributed by atoms with Gasteiger partial charge in [-0.25, -0.2) is 0 Å². The third kappa shape index (κ3) is 6.90. The van der Waals surface area contributed by atoms with Crippen LogP contribution in [0.3, 0.4) is 0 Å². The Kier molecular flexibility index (Phi) is 6.15. The van der Waals surface area contributed by atoms with Gasteiger partial charge in [0.2, 0.25) is 0 Å². The Balaban J connectivity index is 2.43. The molecule has 0 radical (unpaired) electrons. The van der Waals surface area contributed by atoms with Gasteiger partial charge >= 0.3 is 12.4 Å². The van der Waals surface area contributed by atoms with Crippen LogP contribution in [0.1, 0.15) is 32.1 Å². The highest BCUT2D eigenvalue weighted by atomic mass is 19.4. The van der Waals surface area contributed by atoms with E-state index >= 15 is 0 Å². The van der Waals surface area contributed by atoms with Gasteiger partial charge in [0.05, 0.1) is 12.3 Å². The van der Waals surface area contributed by atoms with Crippen LogP contribution < -0.4 is 10.6 Å². The SMILES string of the molecule is CN=C(NCCC(F)(F)F)NC1CCCC(C(F)(F)F)C1. The zero-order chi connectivity index (χ0) is 16.1. The maximum absolute atomic E-state index is 12.7. The van der Waals surface area contributed by atoms with Crippen molar-refractivity contribution in [3.05, 3.63) is 0 Å². The quantitative estimate of drug-likeness (QED) is 0.476. The number of nitrogens with zero attached hydrogens (tertiary/aromatic N) is 1. The number of guanidine groups is 1. The molecule has 1 saturated carbocycles. The highest BCUT2D eigenvalue weighted by molar-refractivity contribution is 5.79. The summed E-state index contributed by atoms with van der Waals surface area (Å²) in [4.78, 5) is 3.73. The maximum Gasteiger partial charge on any atom is 0.391 e. The summed E-state index contributed by atoms with van der Waals surface area (Å²) >= 11 is 0. The predicted octanol–water partition coefficient (Wildman–Crippen LogP) is 3.22. The molecule has 1 aliphatic rings. The fourth-order valence-corrected chi connectivity index (χ4v) is 2.33. The molecule has 9 heteroatoms. The summed E-state index contributed by atoms with van der Waals surface area (Å²) in [6.45, 7) is -0.363. The first kappa shape index (κ1) is 17.9. The molecule has 1 rings (SSSR count). The molecule has 3 nitrogen and oxygen atoms in total. The van der Waals surface area contributed by atoms with Crippen LogP contribution in [-0.4, -0.2) is 37.9 Å². The molecule has 0 aromatic carbocycles. The van der Waals surface area contributed by atoms with Gasteiger partial charge in [-0.15, -0.1) is 0 Å². The van der Waals surface area contributed by atoms with Gasteiger partial charge in [0.15, 0.2) is 5.96 Å². The van der Waals surface area contributed by atoms with E-state index in [1.165, 1.54) is 7.05 Å². The molecule has 0 amide bonds. The minimum atomic E-state index is -4.28.